The summed E-state index contributed by atoms with van der Waals surface area (Å²) >= 11 is 1.47. The van der Waals surface area contributed by atoms with E-state index in [1.807, 2.05) is 25.4 Å². The molecule has 1 atom stereocenters. The van der Waals surface area contributed by atoms with Crippen LogP contribution in [-0.4, -0.2) is 19.9 Å². The van der Waals surface area contributed by atoms with Crippen LogP contribution < -0.4 is 0 Å². The number of aliphatic hydroxyl groups excluding tert-OH is 1. The van der Waals surface area contributed by atoms with Crippen LogP contribution in [0.4, 0.5) is 0 Å². The second-order valence-corrected chi connectivity index (χ2v) is 4.42. The standard InChI is InChI=1S/C10H13N3OS/c1-7-5-8(13(2)12-7)6-9(14)10-11-3-4-15-10/h3-5,9,14H,6H2,1-2H3. The van der Waals surface area contributed by atoms with Gasteiger partial charge in [-0.25, -0.2) is 4.98 Å². The second-order valence-electron chi connectivity index (χ2n) is 3.49. The van der Waals surface area contributed by atoms with Gasteiger partial charge in [0.15, 0.2) is 0 Å². The Morgan fingerprint density at radius 1 is 1.60 bits per heavy atom. The molecular formula is C10H13N3OS. The van der Waals surface area contributed by atoms with Gasteiger partial charge in [0.2, 0.25) is 0 Å². The van der Waals surface area contributed by atoms with E-state index in [9.17, 15) is 5.11 Å². The topological polar surface area (TPSA) is 50.9 Å². The van der Waals surface area contributed by atoms with Crippen LogP contribution in [0.25, 0.3) is 0 Å². The highest BCUT2D eigenvalue weighted by atomic mass is 32.1. The third kappa shape index (κ3) is 2.24. The highest BCUT2D eigenvalue weighted by Gasteiger charge is 2.13. The van der Waals surface area contributed by atoms with Gasteiger partial charge in [0, 0.05) is 30.7 Å². The molecule has 1 N–H and O–H groups in total. The van der Waals surface area contributed by atoms with E-state index in [0.29, 0.717) is 6.42 Å². The number of aryl methyl sites for hydroxylation is 2. The summed E-state index contributed by atoms with van der Waals surface area (Å²) in [4.78, 5) is 4.09. The Morgan fingerprint density at radius 3 is 2.93 bits per heavy atom. The summed E-state index contributed by atoms with van der Waals surface area (Å²) in [5.74, 6) is 0. The van der Waals surface area contributed by atoms with E-state index in [1.165, 1.54) is 11.3 Å². The molecule has 0 aliphatic rings. The normalized spacial score (nSPS) is 13.0. The predicted molar refractivity (Wildman–Crippen MR) is 58.7 cm³/mol. The minimum atomic E-state index is -0.528. The van der Waals surface area contributed by atoms with Gasteiger partial charge in [0.05, 0.1) is 5.69 Å². The molecule has 0 saturated heterocycles. The van der Waals surface area contributed by atoms with Crippen molar-refractivity contribution >= 4 is 11.3 Å². The van der Waals surface area contributed by atoms with E-state index in [2.05, 4.69) is 10.1 Å². The molecule has 0 spiro atoms. The minimum absolute atomic E-state index is 0.528. The van der Waals surface area contributed by atoms with Crippen molar-refractivity contribution in [2.75, 3.05) is 0 Å². The molecule has 0 saturated carbocycles. The number of hydrogen-bond acceptors (Lipinski definition) is 4. The van der Waals surface area contributed by atoms with Crippen molar-refractivity contribution in [3.05, 3.63) is 34.0 Å². The molecule has 0 aliphatic carbocycles. The maximum absolute atomic E-state index is 9.90. The molecule has 2 rings (SSSR count). The Hall–Kier alpha value is -1.20. The molecule has 2 heterocycles. The van der Waals surface area contributed by atoms with Crippen molar-refractivity contribution in [3.63, 3.8) is 0 Å². The maximum Gasteiger partial charge on any atom is 0.122 e. The summed E-state index contributed by atoms with van der Waals surface area (Å²) in [6.07, 6.45) is 1.74. The SMILES string of the molecule is Cc1cc(CC(O)c2nccs2)n(C)n1. The van der Waals surface area contributed by atoms with E-state index < -0.39 is 6.10 Å². The van der Waals surface area contributed by atoms with E-state index >= 15 is 0 Å². The molecule has 0 amide bonds. The first-order valence-electron chi connectivity index (χ1n) is 4.74. The van der Waals surface area contributed by atoms with E-state index in [1.54, 1.807) is 10.9 Å². The fourth-order valence-electron chi connectivity index (χ4n) is 1.54. The smallest absolute Gasteiger partial charge is 0.122 e. The lowest BCUT2D eigenvalue weighted by molar-refractivity contribution is 0.175. The molecule has 80 valence electrons. The largest absolute Gasteiger partial charge is 0.386 e. The maximum atomic E-state index is 9.90. The summed E-state index contributed by atoms with van der Waals surface area (Å²) in [6.45, 7) is 1.94. The monoisotopic (exact) mass is 223 g/mol. The summed E-state index contributed by atoms with van der Waals surface area (Å²) < 4.78 is 1.80. The quantitative estimate of drug-likeness (QED) is 0.857. The van der Waals surface area contributed by atoms with Gasteiger partial charge in [0.1, 0.15) is 11.1 Å². The molecule has 1 unspecified atom stereocenters. The first-order chi connectivity index (χ1) is 7.16. The second kappa shape index (κ2) is 4.12. The lowest BCUT2D eigenvalue weighted by atomic mass is 10.2. The molecule has 0 bridgehead atoms. The van der Waals surface area contributed by atoms with Crippen molar-refractivity contribution in [1.29, 1.82) is 0 Å². The third-order valence-corrected chi connectivity index (χ3v) is 3.11. The average Bonchev–Trinajstić information content (AvgIpc) is 2.76. The van der Waals surface area contributed by atoms with Crippen LogP contribution in [0.1, 0.15) is 22.5 Å². The molecule has 5 heteroatoms. The van der Waals surface area contributed by atoms with Gasteiger partial charge in [-0.15, -0.1) is 11.3 Å². The highest BCUT2D eigenvalue weighted by Crippen LogP contribution is 2.20. The van der Waals surface area contributed by atoms with Gasteiger partial charge in [-0.2, -0.15) is 5.10 Å². The van der Waals surface area contributed by atoms with Crippen molar-refractivity contribution in [3.8, 4) is 0 Å². The molecule has 0 aliphatic heterocycles. The van der Waals surface area contributed by atoms with Crippen LogP contribution in [0, 0.1) is 6.92 Å². The van der Waals surface area contributed by atoms with E-state index in [-0.39, 0.29) is 0 Å². The average molecular weight is 223 g/mol. The van der Waals surface area contributed by atoms with E-state index in [4.69, 9.17) is 0 Å². The lowest BCUT2D eigenvalue weighted by Crippen LogP contribution is -2.05. The Bertz CT molecular complexity index is 435. The van der Waals surface area contributed by atoms with E-state index in [0.717, 1.165) is 16.4 Å². The van der Waals surface area contributed by atoms with Crippen LogP contribution in [0.3, 0.4) is 0 Å². The van der Waals surface area contributed by atoms with Gasteiger partial charge in [0.25, 0.3) is 0 Å². The first kappa shape index (κ1) is 10.3. The van der Waals surface area contributed by atoms with Crippen LogP contribution in [0.2, 0.25) is 0 Å². The van der Waals surface area contributed by atoms with Crippen LogP contribution in [0.5, 0.6) is 0 Å². The molecule has 0 fully saturated rings. The zero-order valence-electron chi connectivity index (χ0n) is 8.71. The Kier molecular flexibility index (Phi) is 2.83. The molecule has 0 aromatic carbocycles. The molecule has 0 radical (unpaired) electrons. The lowest BCUT2D eigenvalue weighted by Gasteiger charge is -2.06. The number of hydrogen-bond donors (Lipinski definition) is 1. The van der Waals surface area contributed by atoms with Gasteiger partial charge in [-0.1, -0.05) is 0 Å². The molecule has 2 aromatic rings. The number of rotatable bonds is 3. The molecule has 2 aromatic heterocycles. The fourth-order valence-corrected chi connectivity index (χ4v) is 2.16. The summed E-state index contributed by atoms with van der Waals surface area (Å²) in [5, 5.41) is 16.8. The third-order valence-electron chi connectivity index (χ3n) is 2.24. The van der Waals surface area contributed by atoms with Gasteiger partial charge in [-0.3, -0.25) is 4.68 Å². The Balaban J connectivity index is 2.12. The van der Waals surface area contributed by atoms with Crippen molar-refractivity contribution in [2.45, 2.75) is 19.4 Å². The molecular weight excluding hydrogens is 210 g/mol. The number of aromatic nitrogens is 3. The number of thiazole rings is 1. The van der Waals surface area contributed by atoms with Crippen molar-refractivity contribution in [2.24, 2.45) is 7.05 Å². The van der Waals surface area contributed by atoms with Crippen LogP contribution in [0.15, 0.2) is 17.6 Å². The van der Waals surface area contributed by atoms with Crippen LogP contribution >= 0.6 is 11.3 Å². The number of aliphatic hydroxyl groups is 1. The zero-order chi connectivity index (χ0) is 10.8. The number of nitrogens with zero attached hydrogens (tertiary/aromatic N) is 3. The van der Waals surface area contributed by atoms with Crippen molar-refractivity contribution < 1.29 is 5.11 Å². The van der Waals surface area contributed by atoms with Crippen LogP contribution in [-0.2, 0) is 13.5 Å². The summed E-state index contributed by atoms with van der Waals surface area (Å²) in [7, 11) is 1.89. The highest BCUT2D eigenvalue weighted by molar-refractivity contribution is 7.09. The summed E-state index contributed by atoms with van der Waals surface area (Å²) in [6, 6.07) is 1.98. The van der Waals surface area contributed by atoms with Crippen molar-refractivity contribution in [1.82, 2.24) is 14.8 Å². The molecule has 15 heavy (non-hydrogen) atoms. The predicted octanol–water partition coefficient (Wildman–Crippen LogP) is 1.46. The summed E-state index contributed by atoms with van der Waals surface area (Å²) in [5.41, 5.74) is 1.99. The van der Waals surface area contributed by atoms with Gasteiger partial charge in [-0.05, 0) is 13.0 Å². The van der Waals surface area contributed by atoms with Gasteiger partial charge < -0.3 is 5.11 Å². The zero-order valence-corrected chi connectivity index (χ0v) is 9.53. The Morgan fingerprint density at radius 2 is 2.40 bits per heavy atom. The fraction of sp³-hybridized carbons (Fsp3) is 0.400. The minimum Gasteiger partial charge on any atom is -0.386 e. The Labute approximate surface area is 92.2 Å². The van der Waals surface area contributed by atoms with Gasteiger partial charge >= 0.3 is 0 Å². The molecule has 4 nitrogen and oxygen atoms in total. The first-order valence-corrected chi connectivity index (χ1v) is 5.62.